The maximum atomic E-state index is 14.3. The van der Waals surface area contributed by atoms with E-state index in [4.69, 9.17) is 21.1 Å². The van der Waals surface area contributed by atoms with Crippen molar-refractivity contribution in [3.63, 3.8) is 0 Å². The predicted octanol–water partition coefficient (Wildman–Crippen LogP) is 5.71. The lowest BCUT2D eigenvalue weighted by Crippen LogP contribution is -2.48. The van der Waals surface area contributed by atoms with Crippen molar-refractivity contribution in [1.82, 2.24) is 9.21 Å². The highest BCUT2D eigenvalue weighted by atomic mass is 35.5. The Morgan fingerprint density at radius 2 is 1.79 bits per heavy atom. The molecule has 47 heavy (non-hydrogen) atoms. The minimum atomic E-state index is -3.84. The molecule has 254 valence electrons. The van der Waals surface area contributed by atoms with Gasteiger partial charge < -0.3 is 24.8 Å². The van der Waals surface area contributed by atoms with Crippen LogP contribution in [-0.2, 0) is 14.8 Å². The Bertz CT molecular complexity index is 1610. The second-order valence-electron chi connectivity index (χ2n) is 12.1. The molecule has 1 aliphatic rings. The van der Waals surface area contributed by atoms with Crippen LogP contribution >= 0.6 is 11.6 Å². The van der Waals surface area contributed by atoms with Crippen molar-refractivity contribution in [2.24, 2.45) is 5.92 Å². The number of hydrogen-bond acceptors (Lipinski definition) is 7. The van der Waals surface area contributed by atoms with Crippen LogP contribution in [0.15, 0.2) is 77.7 Å². The van der Waals surface area contributed by atoms with Gasteiger partial charge in [0.2, 0.25) is 10.0 Å². The van der Waals surface area contributed by atoms with E-state index in [1.807, 2.05) is 19.9 Å². The van der Waals surface area contributed by atoms with E-state index in [1.54, 1.807) is 54.3 Å². The highest BCUT2D eigenvalue weighted by Crippen LogP contribution is 2.29. The third-order valence-corrected chi connectivity index (χ3v) is 10.4. The summed E-state index contributed by atoms with van der Waals surface area (Å²) in [5.74, 6) is -0.668. The van der Waals surface area contributed by atoms with Gasteiger partial charge in [0.05, 0.1) is 35.3 Å². The largest absolute Gasteiger partial charge is 0.490 e. The number of sulfonamides is 1. The van der Waals surface area contributed by atoms with Gasteiger partial charge in [0.15, 0.2) is 0 Å². The molecule has 0 unspecified atom stereocenters. The quantitative estimate of drug-likeness (QED) is 0.311. The zero-order valence-electron chi connectivity index (χ0n) is 27.3. The van der Waals surface area contributed by atoms with Gasteiger partial charge >= 0.3 is 0 Å². The highest BCUT2D eigenvalue weighted by Gasteiger charge is 2.32. The van der Waals surface area contributed by atoms with Crippen molar-refractivity contribution in [2.45, 2.75) is 63.2 Å². The lowest BCUT2D eigenvalue weighted by Gasteiger charge is -2.35. The van der Waals surface area contributed by atoms with Crippen LogP contribution in [0, 0.1) is 5.92 Å². The molecule has 3 aromatic rings. The molecule has 0 saturated carbocycles. The number of aliphatic hydroxyl groups excluding tert-OH is 1. The lowest BCUT2D eigenvalue weighted by molar-refractivity contribution is -0.00834. The standard InChI is InChI=1S/C35H44ClN3O7S/c1-24-21-39(25(2)23-40)35(42)31-20-29(37-34(41)27-11-6-5-7-12-27)15-18-32(31)46-26(3)10-8-9-19-45-33(24)22-38(4)47(43,44)30-16-13-28(36)14-17-30/h5-7,11-18,20,24-26,33,40H,8-10,19,21-23H2,1-4H3,(H,37,41)/t24-,25+,26+,33-/m0/s1. The maximum Gasteiger partial charge on any atom is 0.258 e. The molecule has 2 amide bonds. The number of ether oxygens (including phenoxy) is 2. The van der Waals surface area contributed by atoms with Gasteiger partial charge in [-0.05, 0) is 87.7 Å². The van der Waals surface area contributed by atoms with Crippen molar-refractivity contribution in [2.75, 3.05) is 38.7 Å². The van der Waals surface area contributed by atoms with Crippen molar-refractivity contribution in [3.05, 3.63) is 88.9 Å². The lowest BCUT2D eigenvalue weighted by atomic mass is 10.0. The number of amides is 2. The van der Waals surface area contributed by atoms with Gasteiger partial charge in [-0.15, -0.1) is 0 Å². The van der Waals surface area contributed by atoms with E-state index in [-0.39, 0.29) is 48.1 Å². The van der Waals surface area contributed by atoms with Crippen molar-refractivity contribution < 1.29 is 32.6 Å². The average Bonchev–Trinajstić information content (AvgIpc) is 3.06. The van der Waals surface area contributed by atoms with Crippen LogP contribution in [0.1, 0.15) is 60.7 Å². The first-order valence-corrected chi connectivity index (χ1v) is 17.6. The van der Waals surface area contributed by atoms with E-state index in [0.717, 1.165) is 12.8 Å². The van der Waals surface area contributed by atoms with Gasteiger partial charge in [-0.25, -0.2) is 8.42 Å². The summed E-state index contributed by atoms with van der Waals surface area (Å²) in [5.41, 5.74) is 1.14. The molecule has 0 saturated heterocycles. The molecule has 12 heteroatoms. The molecule has 1 aliphatic heterocycles. The third kappa shape index (κ3) is 9.55. The van der Waals surface area contributed by atoms with E-state index in [2.05, 4.69) is 5.32 Å². The summed E-state index contributed by atoms with van der Waals surface area (Å²) in [5, 5.41) is 13.5. The number of anilines is 1. The Kier molecular flexibility index (Phi) is 12.8. The van der Waals surface area contributed by atoms with Gasteiger partial charge in [-0.2, -0.15) is 4.31 Å². The number of halogens is 1. The first kappa shape index (κ1) is 36.4. The molecule has 0 aromatic heterocycles. The highest BCUT2D eigenvalue weighted by molar-refractivity contribution is 7.89. The number of carbonyl (C=O) groups excluding carboxylic acids is 2. The zero-order valence-corrected chi connectivity index (χ0v) is 28.8. The molecule has 0 bridgehead atoms. The van der Waals surface area contributed by atoms with Gasteiger partial charge in [-0.3, -0.25) is 9.59 Å². The zero-order chi connectivity index (χ0) is 34.1. The maximum absolute atomic E-state index is 14.3. The van der Waals surface area contributed by atoms with Crippen LogP contribution in [0.4, 0.5) is 5.69 Å². The Balaban J connectivity index is 1.65. The summed E-state index contributed by atoms with van der Waals surface area (Å²) in [6.45, 7) is 5.89. The molecule has 0 radical (unpaired) electrons. The number of nitrogens with zero attached hydrogens (tertiary/aromatic N) is 2. The fourth-order valence-corrected chi connectivity index (χ4v) is 6.70. The number of carbonyl (C=O) groups is 2. The third-order valence-electron chi connectivity index (χ3n) is 8.30. The van der Waals surface area contributed by atoms with Crippen LogP contribution in [0.25, 0.3) is 0 Å². The first-order valence-electron chi connectivity index (χ1n) is 15.8. The van der Waals surface area contributed by atoms with Crippen LogP contribution in [0.3, 0.4) is 0 Å². The summed E-state index contributed by atoms with van der Waals surface area (Å²) in [7, 11) is -2.34. The van der Waals surface area contributed by atoms with Crippen molar-refractivity contribution in [3.8, 4) is 5.75 Å². The van der Waals surface area contributed by atoms with Gasteiger partial charge in [-0.1, -0.05) is 36.7 Å². The number of fused-ring (bicyclic) bond motifs is 1. The minimum Gasteiger partial charge on any atom is -0.490 e. The van der Waals surface area contributed by atoms with Crippen LogP contribution < -0.4 is 10.1 Å². The van der Waals surface area contributed by atoms with E-state index >= 15 is 0 Å². The predicted molar refractivity (Wildman–Crippen MR) is 183 cm³/mol. The fourth-order valence-electron chi connectivity index (χ4n) is 5.39. The number of nitrogens with one attached hydrogen (secondary N) is 1. The molecule has 1 heterocycles. The molecular formula is C35H44ClN3O7S. The molecule has 10 nitrogen and oxygen atoms in total. The number of benzene rings is 3. The van der Waals surface area contributed by atoms with Crippen molar-refractivity contribution in [1.29, 1.82) is 0 Å². The smallest absolute Gasteiger partial charge is 0.258 e. The summed E-state index contributed by atoms with van der Waals surface area (Å²) >= 11 is 5.98. The monoisotopic (exact) mass is 685 g/mol. The second kappa shape index (κ2) is 16.6. The van der Waals surface area contributed by atoms with E-state index < -0.39 is 28.1 Å². The van der Waals surface area contributed by atoms with Gasteiger partial charge in [0.1, 0.15) is 5.75 Å². The van der Waals surface area contributed by atoms with Crippen LogP contribution in [-0.4, -0.2) is 86.1 Å². The van der Waals surface area contributed by atoms with Crippen LogP contribution in [0.5, 0.6) is 5.75 Å². The normalized spacial score (nSPS) is 20.5. The van der Waals surface area contributed by atoms with Gasteiger partial charge in [0.25, 0.3) is 11.8 Å². The van der Waals surface area contributed by atoms with E-state index in [0.29, 0.717) is 35.1 Å². The fraction of sp³-hybridized carbons (Fsp3) is 0.429. The Morgan fingerprint density at radius 1 is 1.09 bits per heavy atom. The SMILES string of the molecule is C[C@@H]1CCCCO[C@@H](CN(C)S(=O)(=O)c2ccc(Cl)cc2)[C@@H](C)CN([C@H](C)CO)C(=O)c2cc(NC(=O)c3ccccc3)ccc2O1. The van der Waals surface area contributed by atoms with Crippen molar-refractivity contribution >= 4 is 39.1 Å². The van der Waals surface area contributed by atoms with Crippen LogP contribution in [0.2, 0.25) is 5.02 Å². The second-order valence-corrected chi connectivity index (χ2v) is 14.6. The summed E-state index contributed by atoms with van der Waals surface area (Å²) in [6.07, 6.45) is 1.45. The summed E-state index contributed by atoms with van der Waals surface area (Å²) in [6, 6.07) is 19.2. The molecule has 3 aromatic carbocycles. The molecule has 2 N–H and O–H groups in total. The van der Waals surface area contributed by atoms with E-state index in [1.165, 1.54) is 35.6 Å². The Morgan fingerprint density at radius 3 is 2.47 bits per heavy atom. The number of likely N-dealkylation sites (N-methyl/N-ethyl adjacent to an activating group) is 1. The first-order chi connectivity index (χ1) is 22.4. The number of aliphatic hydroxyl groups is 1. The average molecular weight is 686 g/mol. The molecule has 0 spiro atoms. The van der Waals surface area contributed by atoms with E-state index in [9.17, 15) is 23.1 Å². The summed E-state index contributed by atoms with van der Waals surface area (Å²) < 4.78 is 40.7. The molecule has 0 aliphatic carbocycles. The molecular weight excluding hydrogens is 642 g/mol. The van der Waals surface area contributed by atoms with Gasteiger partial charge in [0, 0.05) is 48.9 Å². The molecule has 0 fully saturated rings. The topological polar surface area (TPSA) is 125 Å². The Hall–Kier alpha value is -3.48. The minimum absolute atomic E-state index is 0.0490. The summed E-state index contributed by atoms with van der Waals surface area (Å²) in [4.78, 5) is 28.9. The molecule has 4 atom stereocenters. The number of rotatable bonds is 8. The molecule has 4 rings (SSSR count). The Labute approximate surface area is 282 Å². The number of hydrogen-bond donors (Lipinski definition) is 2.